The van der Waals surface area contributed by atoms with E-state index in [1.54, 1.807) is 0 Å². The highest BCUT2D eigenvalue weighted by Gasteiger charge is 2.22. The second kappa shape index (κ2) is 6.22. The second-order valence-corrected chi connectivity index (χ2v) is 5.44. The summed E-state index contributed by atoms with van der Waals surface area (Å²) in [4.78, 5) is 2.20. The number of nitrogen functional groups attached to an aromatic ring is 1. The fourth-order valence-corrected chi connectivity index (χ4v) is 2.74. The predicted octanol–water partition coefficient (Wildman–Crippen LogP) is 3.59. The number of hydrogen-bond acceptors (Lipinski definition) is 3. The standard InChI is InChI=1S/C17H18F2N2O/c18-12-5-6-17(14(19)11-12)22-13-7-9-21(10-8-13)16-4-2-1-3-15(16)20/h1-6,11,13H,7-10,20H2. The Kier molecular flexibility index (Phi) is 4.13. The fourth-order valence-electron chi connectivity index (χ4n) is 2.74. The number of rotatable bonds is 3. The normalized spacial score (nSPS) is 15.8. The maximum atomic E-state index is 13.6. The van der Waals surface area contributed by atoms with Crippen molar-refractivity contribution in [2.45, 2.75) is 18.9 Å². The van der Waals surface area contributed by atoms with Gasteiger partial charge in [0.15, 0.2) is 11.6 Å². The van der Waals surface area contributed by atoms with E-state index in [1.807, 2.05) is 24.3 Å². The molecule has 1 heterocycles. The van der Waals surface area contributed by atoms with Crippen LogP contribution in [0.25, 0.3) is 0 Å². The lowest BCUT2D eigenvalue weighted by molar-refractivity contribution is 0.163. The van der Waals surface area contributed by atoms with Gasteiger partial charge in [0.05, 0.1) is 11.4 Å². The Morgan fingerprint density at radius 2 is 1.77 bits per heavy atom. The number of nitrogens with two attached hydrogens (primary N) is 1. The number of halogens is 2. The molecular weight excluding hydrogens is 286 g/mol. The molecule has 0 unspecified atom stereocenters. The van der Waals surface area contributed by atoms with E-state index in [0.29, 0.717) is 0 Å². The van der Waals surface area contributed by atoms with E-state index in [1.165, 1.54) is 12.1 Å². The van der Waals surface area contributed by atoms with Crippen LogP contribution in [0.1, 0.15) is 12.8 Å². The first kappa shape index (κ1) is 14.6. The smallest absolute Gasteiger partial charge is 0.167 e. The van der Waals surface area contributed by atoms with Gasteiger partial charge in [0, 0.05) is 32.0 Å². The van der Waals surface area contributed by atoms with Crippen LogP contribution in [0.4, 0.5) is 20.2 Å². The van der Waals surface area contributed by atoms with Gasteiger partial charge in [-0.15, -0.1) is 0 Å². The van der Waals surface area contributed by atoms with Crippen molar-refractivity contribution in [1.29, 1.82) is 0 Å². The number of ether oxygens (including phenoxy) is 1. The molecule has 2 N–H and O–H groups in total. The molecule has 1 aliphatic heterocycles. The molecule has 1 aliphatic rings. The zero-order valence-corrected chi connectivity index (χ0v) is 12.1. The first-order valence-electron chi connectivity index (χ1n) is 7.34. The van der Waals surface area contributed by atoms with Crippen LogP contribution in [-0.2, 0) is 0 Å². The minimum atomic E-state index is -0.658. The number of nitrogens with zero attached hydrogens (tertiary/aromatic N) is 1. The summed E-state index contributed by atoms with van der Waals surface area (Å²) in [5.41, 5.74) is 7.76. The summed E-state index contributed by atoms with van der Waals surface area (Å²) in [7, 11) is 0. The molecule has 1 fully saturated rings. The van der Waals surface area contributed by atoms with Crippen LogP contribution in [0.5, 0.6) is 5.75 Å². The zero-order chi connectivity index (χ0) is 15.5. The molecule has 5 heteroatoms. The SMILES string of the molecule is Nc1ccccc1N1CCC(Oc2ccc(F)cc2F)CC1. The fraction of sp³-hybridized carbons (Fsp3) is 0.294. The third-order valence-corrected chi connectivity index (χ3v) is 3.91. The van der Waals surface area contributed by atoms with Crippen LogP contribution < -0.4 is 15.4 Å². The van der Waals surface area contributed by atoms with E-state index in [9.17, 15) is 8.78 Å². The summed E-state index contributed by atoms with van der Waals surface area (Å²) in [5, 5.41) is 0. The van der Waals surface area contributed by atoms with Crippen molar-refractivity contribution in [2.24, 2.45) is 0 Å². The van der Waals surface area contributed by atoms with E-state index >= 15 is 0 Å². The molecule has 3 nitrogen and oxygen atoms in total. The zero-order valence-electron chi connectivity index (χ0n) is 12.1. The van der Waals surface area contributed by atoms with Gasteiger partial charge in [-0.1, -0.05) is 12.1 Å². The lowest BCUT2D eigenvalue weighted by atomic mass is 10.1. The average molecular weight is 304 g/mol. The predicted molar refractivity (Wildman–Crippen MR) is 83.1 cm³/mol. The average Bonchev–Trinajstić information content (AvgIpc) is 2.51. The van der Waals surface area contributed by atoms with E-state index in [2.05, 4.69) is 4.90 Å². The Hall–Kier alpha value is -2.30. The number of benzene rings is 2. The van der Waals surface area contributed by atoms with Crippen LogP contribution >= 0.6 is 0 Å². The maximum absolute atomic E-state index is 13.6. The van der Waals surface area contributed by atoms with Crippen molar-refractivity contribution in [3.8, 4) is 5.75 Å². The highest BCUT2D eigenvalue weighted by atomic mass is 19.1. The third kappa shape index (κ3) is 3.13. The van der Waals surface area contributed by atoms with Crippen molar-refractivity contribution < 1.29 is 13.5 Å². The van der Waals surface area contributed by atoms with E-state index in [4.69, 9.17) is 10.5 Å². The van der Waals surface area contributed by atoms with Crippen molar-refractivity contribution >= 4 is 11.4 Å². The molecule has 0 spiro atoms. The van der Waals surface area contributed by atoms with Gasteiger partial charge in [-0.25, -0.2) is 8.78 Å². The van der Waals surface area contributed by atoms with Crippen molar-refractivity contribution in [1.82, 2.24) is 0 Å². The monoisotopic (exact) mass is 304 g/mol. The molecule has 0 bridgehead atoms. The van der Waals surface area contributed by atoms with Crippen LogP contribution in [0.2, 0.25) is 0 Å². The molecule has 2 aromatic rings. The number of para-hydroxylation sites is 2. The molecule has 0 aromatic heterocycles. The quantitative estimate of drug-likeness (QED) is 0.881. The van der Waals surface area contributed by atoms with Gasteiger partial charge in [-0.05, 0) is 24.3 Å². The Morgan fingerprint density at radius 1 is 1.05 bits per heavy atom. The van der Waals surface area contributed by atoms with Crippen LogP contribution in [-0.4, -0.2) is 19.2 Å². The molecule has 3 rings (SSSR count). The first-order chi connectivity index (χ1) is 10.6. The number of piperidine rings is 1. The van der Waals surface area contributed by atoms with Crippen LogP contribution in [0.3, 0.4) is 0 Å². The Balaban J connectivity index is 1.61. The molecule has 0 radical (unpaired) electrons. The molecule has 0 amide bonds. The van der Waals surface area contributed by atoms with E-state index in [0.717, 1.165) is 43.4 Å². The highest BCUT2D eigenvalue weighted by molar-refractivity contribution is 5.67. The molecule has 0 aliphatic carbocycles. The first-order valence-corrected chi connectivity index (χ1v) is 7.34. The molecule has 0 atom stereocenters. The molecule has 116 valence electrons. The molecule has 22 heavy (non-hydrogen) atoms. The molecule has 2 aromatic carbocycles. The molecular formula is C17H18F2N2O. The van der Waals surface area contributed by atoms with Crippen molar-refractivity contribution in [3.05, 3.63) is 54.1 Å². The Morgan fingerprint density at radius 3 is 2.45 bits per heavy atom. The largest absolute Gasteiger partial charge is 0.487 e. The summed E-state index contributed by atoms with van der Waals surface area (Å²) in [6.07, 6.45) is 1.47. The van der Waals surface area contributed by atoms with Gasteiger partial charge in [0.25, 0.3) is 0 Å². The lowest BCUT2D eigenvalue weighted by Gasteiger charge is -2.34. The highest BCUT2D eigenvalue weighted by Crippen LogP contribution is 2.28. The number of hydrogen-bond donors (Lipinski definition) is 1. The topological polar surface area (TPSA) is 38.5 Å². The van der Waals surface area contributed by atoms with Gasteiger partial charge >= 0.3 is 0 Å². The minimum absolute atomic E-state index is 0.0684. The summed E-state index contributed by atoms with van der Waals surface area (Å²) < 4.78 is 32.2. The summed E-state index contributed by atoms with van der Waals surface area (Å²) in [5.74, 6) is -1.15. The van der Waals surface area contributed by atoms with Gasteiger partial charge in [0.2, 0.25) is 0 Å². The van der Waals surface area contributed by atoms with Crippen LogP contribution in [0, 0.1) is 11.6 Å². The van der Waals surface area contributed by atoms with E-state index < -0.39 is 11.6 Å². The second-order valence-electron chi connectivity index (χ2n) is 5.44. The molecule has 1 saturated heterocycles. The lowest BCUT2D eigenvalue weighted by Crippen LogP contribution is -2.38. The van der Waals surface area contributed by atoms with Gasteiger partial charge in [-0.3, -0.25) is 0 Å². The third-order valence-electron chi connectivity index (χ3n) is 3.91. The van der Waals surface area contributed by atoms with Gasteiger partial charge in [-0.2, -0.15) is 0 Å². The summed E-state index contributed by atoms with van der Waals surface area (Å²) in [6, 6.07) is 11.1. The summed E-state index contributed by atoms with van der Waals surface area (Å²) >= 11 is 0. The minimum Gasteiger partial charge on any atom is -0.487 e. The maximum Gasteiger partial charge on any atom is 0.167 e. The van der Waals surface area contributed by atoms with Gasteiger partial charge < -0.3 is 15.4 Å². The van der Waals surface area contributed by atoms with Gasteiger partial charge in [0.1, 0.15) is 11.9 Å². The number of anilines is 2. The summed E-state index contributed by atoms with van der Waals surface area (Å²) in [6.45, 7) is 1.59. The molecule has 0 saturated carbocycles. The Labute approximate surface area is 128 Å². The van der Waals surface area contributed by atoms with Crippen LogP contribution in [0.15, 0.2) is 42.5 Å². The Bertz CT molecular complexity index is 655. The van der Waals surface area contributed by atoms with Crippen molar-refractivity contribution in [3.63, 3.8) is 0 Å². The van der Waals surface area contributed by atoms with E-state index in [-0.39, 0.29) is 11.9 Å². The van der Waals surface area contributed by atoms with Crippen molar-refractivity contribution in [2.75, 3.05) is 23.7 Å².